The summed E-state index contributed by atoms with van der Waals surface area (Å²) in [6, 6.07) is 0. The molecule has 0 amide bonds. The fraction of sp³-hybridized carbons (Fsp3) is 0.733. The second-order valence-electron chi connectivity index (χ2n) is 5.64. The lowest BCUT2D eigenvalue weighted by Gasteiger charge is -2.30. The van der Waals surface area contributed by atoms with Gasteiger partial charge < -0.3 is 5.73 Å². The highest BCUT2D eigenvalue weighted by Crippen LogP contribution is 2.34. The van der Waals surface area contributed by atoms with E-state index in [0.29, 0.717) is 5.95 Å². The molecule has 6 heteroatoms. The Morgan fingerprint density at radius 2 is 1.90 bits per heavy atom. The molecule has 2 rings (SSSR count). The summed E-state index contributed by atoms with van der Waals surface area (Å²) in [6.45, 7) is 7.54. The Morgan fingerprint density at radius 3 is 2.43 bits per heavy atom. The summed E-state index contributed by atoms with van der Waals surface area (Å²) in [5, 5.41) is 4.62. The summed E-state index contributed by atoms with van der Waals surface area (Å²) in [4.78, 5) is 4.59. The fourth-order valence-electron chi connectivity index (χ4n) is 2.93. The molecule has 2 aromatic heterocycles. The second-order valence-corrected chi connectivity index (χ2v) is 6.92. The maximum absolute atomic E-state index is 6.20. The van der Waals surface area contributed by atoms with Gasteiger partial charge in [0.1, 0.15) is 5.52 Å². The van der Waals surface area contributed by atoms with Crippen molar-refractivity contribution in [2.45, 2.75) is 57.7 Å². The van der Waals surface area contributed by atoms with Crippen LogP contribution in [-0.4, -0.2) is 30.3 Å². The van der Waals surface area contributed by atoms with Gasteiger partial charge in [0, 0.05) is 18.3 Å². The van der Waals surface area contributed by atoms with Crippen LogP contribution in [0.2, 0.25) is 0 Å². The maximum Gasteiger partial charge on any atom is 0.202 e. The Balaban J connectivity index is 2.51. The van der Waals surface area contributed by atoms with Gasteiger partial charge in [-0.25, -0.2) is 4.98 Å². The number of aryl methyl sites for hydroxylation is 2. The van der Waals surface area contributed by atoms with Gasteiger partial charge in [-0.1, -0.05) is 27.2 Å². The lowest BCUT2D eigenvalue weighted by Crippen LogP contribution is -2.30. The van der Waals surface area contributed by atoms with Crippen LogP contribution in [0.1, 0.15) is 45.7 Å². The van der Waals surface area contributed by atoms with E-state index in [2.05, 4.69) is 41.7 Å². The minimum Gasteiger partial charge on any atom is -0.369 e. The zero-order valence-electron chi connectivity index (χ0n) is 13.8. The van der Waals surface area contributed by atoms with Gasteiger partial charge in [0.25, 0.3) is 0 Å². The summed E-state index contributed by atoms with van der Waals surface area (Å²) in [5.41, 5.74) is 9.29. The number of nitrogen functional groups attached to an aromatic ring is 1. The molecule has 0 saturated carbocycles. The van der Waals surface area contributed by atoms with Crippen molar-refractivity contribution in [1.82, 2.24) is 19.3 Å². The normalized spacial score (nSPS) is 12.4. The topological polar surface area (TPSA) is 61.7 Å². The van der Waals surface area contributed by atoms with E-state index in [1.165, 1.54) is 0 Å². The molecule has 5 nitrogen and oxygen atoms in total. The number of anilines is 1. The molecule has 0 bridgehead atoms. The van der Waals surface area contributed by atoms with Crippen LogP contribution in [0, 0.1) is 0 Å². The zero-order chi connectivity index (χ0) is 15.6. The van der Waals surface area contributed by atoms with Gasteiger partial charge in [-0.15, -0.1) is 0 Å². The van der Waals surface area contributed by atoms with Crippen LogP contribution < -0.4 is 5.73 Å². The van der Waals surface area contributed by atoms with Crippen LogP contribution in [0.15, 0.2) is 0 Å². The Morgan fingerprint density at radius 1 is 1.24 bits per heavy atom. The highest BCUT2D eigenvalue weighted by atomic mass is 32.2. The molecule has 0 spiro atoms. The third-order valence-electron chi connectivity index (χ3n) is 4.48. The highest BCUT2D eigenvalue weighted by molar-refractivity contribution is 8.00. The first kappa shape index (κ1) is 16.2. The number of fused-ring (bicyclic) bond motifs is 1. The molecule has 2 heterocycles. The average Bonchev–Trinajstić information content (AvgIpc) is 2.95. The third kappa shape index (κ3) is 2.78. The van der Waals surface area contributed by atoms with E-state index in [4.69, 9.17) is 5.73 Å². The number of hydrogen-bond donors (Lipinski definition) is 1. The van der Waals surface area contributed by atoms with Gasteiger partial charge >= 0.3 is 0 Å². The van der Waals surface area contributed by atoms with Gasteiger partial charge in [0.15, 0.2) is 5.65 Å². The van der Waals surface area contributed by atoms with Crippen LogP contribution in [0.25, 0.3) is 11.2 Å². The Kier molecular flexibility index (Phi) is 4.86. The van der Waals surface area contributed by atoms with Crippen LogP contribution in [0.4, 0.5) is 5.95 Å². The minimum atomic E-state index is 0.205. The number of rotatable bonds is 7. The molecule has 0 atom stereocenters. The van der Waals surface area contributed by atoms with Crippen molar-refractivity contribution < 1.29 is 0 Å². The number of nitrogens with zero attached hydrogens (tertiary/aromatic N) is 4. The van der Waals surface area contributed by atoms with E-state index in [1.54, 1.807) is 0 Å². The van der Waals surface area contributed by atoms with Crippen molar-refractivity contribution in [2.75, 3.05) is 12.0 Å². The Hall–Kier alpha value is -1.17. The molecule has 0 aliphatic rings. The standard InChI is InChI=1S/C15H27N5S/c1-6-9-11-12-13(19(4)18-11)20(14(16)17-12)10-15(7-2,8-3)21-5/h6-10H2,1-5H3,(H2,16,17). The number of hydrogen-bond acceptors (Lipinski definition) is 4. The van der Waals surface area contributed by atoms with Crippen LogP contribution in [0.3, 0.4) is 0 Å². The molecule has 2 N–H and O–H groups in total. The first-order valence-electron chi connectivity index (χ1n) is 7.74. The maximum atomic E-state index is 6.20. The van der Waals surface area contributed by atoms with Crippen molar-refractivity contribution in [3.8, 4) is 0 Å². The third-order valence-corrected chi connectivity index (χ3v) is 6.05. The molecular weight excluding hydrogens is 282 g/mol. The van der Waals surface area contributed by atoms with Crippen molar-refractivity contribution in [2.24, 2.45) is 7.05 Å². The summed E-state index contributed by atoms with van der Waals surface area (Å²) in [6.07, 6.45) is 6.43. The van der Waals surface area contributed by atoms with E-state index < -0.39 is 0 Å². The summed E-state index contributed by atoms with van der Waals surface area (Å²) >= 11 is 1.92. The molecule has 0 unspecified atom stereocenters. The van der Waals surface area contributed by atoms with Crippen LogP contribution in [-0.2, 0) is 20.0 Å². The van der Waals surface area contributed by atoms with E-state index in [1.807, 2.05) is 23.5 Å². The van der Waals surface area contributed by atoms with Gasteiger partial charge in [0.2, 0.25) is 5.95 Å². The van der Waals surface area contributed by atoms with Crippen molar-refractivity contribution in [1.29, 1.82) is 0 Å². The van der Waals surface area contributed by atoms with Crippen molar-refractivity contribution in [3.05, 3.63) is 5.69 Å². The largest absolute Gasteiger partial charge is 0.369 e. The van der Waals surface area contributed by atoms with E-state index in [0.717, 1.165) is 49.1 Å². The molecule has 0 aliphatic heterocycles. The molecule has 0 fully saturated rings. The molecular formula is C15H27N5S. The Labute approximate surface area is 131 Å². The molecule has 21 heavy (non-hydrogen) atoms. The number of aromatic nitrogens is 4. The average molecular weight is 309 g/mol. The number of thioether (sulfide) groups is 1. The lowest BCUT2D eigenvalue weighted by atomic mass is 10.0. The molecule has 0 radical (unpaired) electrons. The SMILES string of the molecule is CCCc1nn(C)c2c1nc(N)n2CC(CC)(CC)SC. The summed E-state index contributed by atoms with van der Waals surface area (Å²) in [7, 11) is 1.98. The highest BCUT2D eigenvalue weighted by Gasteiger charge is 2.28. The molecule has 2 aromatic rings. The smallest absolute Gasteiger partial charge is 0.202 e. The van der Waals surface area contributed by atoms with Crippen molar-refractivity contribution >= 4 is 28.9 Å². The summed E-state index contributed by atoms with van der Waals surface area (Å²) in [5.74, 6) is 0.607. The predicted octanol–water partition coefficient (Wildman–Crippen LogP) is 3.23. The van der Waals surface area contributed by atoms with Gasteiger partial charge in [-0.05, 0) is 25.5 Å². The predicted molar refractivity (Wildman–Crippen MR) is 91.7 cm³/mol. The number of nitrogens with two attached hydrogens (primary N) is 1. The number of imidazole rings is 1. The lowest BCUT2D eigenvalue weighted by molar-refractivity contribution is 0.471. The van der Waals surface area contributed by atoms with E-state index >= 15 is 0 Å². The first-order valence-corrected chi connectivity index (χ1v) is 8.97. The van der Waals surface area contributed by atoms with Gasteiger partial charge in [-0.2, -0.15) is 16.9 Å². The minimum absolute atomic E-state index is 0.205. The summed E-state index contributed by atoms with van der Waals surface area (Å²) < 4.78 is 4.28. The van der Waals surface area contributed by atoms with Gasteiger partial charge in [0.05, 0.1) is 5.69 Å². The van der Waals surface area contributed by atoms with E-state index in [9.17, 15) is 0 Å². The van der Waals surface area contributed by atoms with Crippen LogP contribution >= 0.6 is 11.8 Å². The molecule has 0 saturated heterocycles. The molecule has 0 aliphatic carbocycles. The second kappa shape index (κ2) is 6.30. The molecule has 0 aromatic carbocycles. The monoisotopic (exact) mass is 309 g/mol. The quantitative estimate of drug-likeness (QED) is 0.853. The Bertz CT molecular complexity index is 601. The first-order chi connectivity index (χ1) is 10.0. The molecule has 118 valence electrons. The zero-order valence-corrected chi connectivity index (χ0v) is 14.6. The van der Waals surface area contributed by atoms with Gasteiger partial charge in [-0.3, -0.25) is 9.25 Å². The van der Waals surface area contributed by atoms with E-state index in [-0.39, 0.29) is 4.75 Å². The van der Waals surface area contributed by atoms with Crippen LogP contribution in [0.5, 0.6) is 0 Å². The van der Waals surface area contributed by atoms with Crippen molar-refractivity contribution in [3.63, 3.8) is 0 Å². The fourth-order valence-corrected chi connectivity index (χ4v) is 3.77.